The molecule has 0 aliphatic heterocycles. The maximum Gasteiger partial charge on any atom is 0.175 e. The van der Waals surface area contributed by atoms with Crippen LogP contribution in [-0.4, -0.2) is 19.1 Å². The van der Waals surface area contributed by atoms with Crippen LogP contribution in [0.3, 0.4) is 0 Å². The van der Waals surface area contributed by atoms with E-state index in [-0.39, 0.29) is 10.7 Å². The molecular formula is C23H16FNO2S. The molecule has 0 amide bonds. The average Bonchev–Trinajstić information content (AvgIpc) is 3.25. The molecule has 0 aliphatic carbocycles. The fourth-order valence-corrected chi connectivity index (χ4v) is 4.51. The molecule has 0 fully saturated rings. The van der Waals surface area contributed by atoms with Gasteiger partial charge in [-0.3, -0.25) is 0 Å². The molecule has 3 aromatic carbocycles. The topological polar surface area (TPSA) is 38.5 Å². The zero-order valence-corrected chi connectivity index (χ0v) is 15.9. The molecule has 0 radical (unpaired) electrons. The molecule has 0 N–H and O–H groups in total. The SMILES string of the molecule is CS(=O)(=O)c1ccc(-c2c(-c3ccc(F)cc3)n3ccc4cccc2c43)cc1. The molecule has 0 unspecified atom stereocenters. The van der Waals surface area contributed by atoms with E-state index in [0.29, 0.717) is 0 Å². The summed E-state index contributed by atoms with van der Waals surface area (Å²) in [6, 6.07) is 21.6. The van der Waals surface area contributed by atoms with E-state index in [9.17, 15) is 12.8 Å². The van der Waals surface area contributed by atoms with Gasteiger partial charge in [-0.2, -0.15) is 0 Å². The van der Waals surface area contributed by atoms with Gasteiger partial charge in [0.25, 0.3) is 0 Å². The van der Waals surface area contributed by atoms with E-state index in [4.69, 9.17) is 0 Å². The molecule has 28 heavy (non-hydrogen) atoms. The summed E-state index contributed by atoms with van der Waals surface area (Å²) in [6.07, 6.45) is 3.22. The number of hydrogen-bond acceptors (Lipinski definition) is 2. The summed E-state index contributed by atoms with van der Waals surface area (Å²) in [7, 11) is -3.26. The zero-order chi connectivity index (χ0) is 19.5. The third kappa shape index (κ3) is 2.51. The lowest BCUT2D eigenvalue weighted by Gasteiger charge is -2.08. The number of halogens is 1. The first-order chi connectivity index (χ1) is 13.4. The van der Waals surface area contributed by atoms with Crippen LogP contribution in [0.2, 0.25) is 0 Å². The lowest BCUT2D eigenvalue weighted by Crippen LogP contribution is -1.96. The van der Waals surface area contributed by atoms with Gasteiger partial charge in [0.15, 0.2) is 9.84 Å². The molecular weight excluding hydrogens is 373 g/mol. The van der Waals surface area contributed by atoms with Crippen molar-refractivity contribution in [3.8, 4) is 22.4 Å². The maximum atomic E-state index is 13.5. The van der Waals surface area contributed by atoms with Gasteiger partial charge in [-0.25, -0.2) is 12.8 Å². The summed E-state index contributed by atoms with van der Waals surface area (Å²) in [5.41, 5.74) is 4.89. The Bertz CT molecular complexity index is 1420. The van der Waals surface area contributed by atoms with Crippen molar-refractivity contribution in [2.75, 3.05) is 6.26 Å². The third-order valence-electron chi connectivity index (χ3n) is 5.15. The predicted molar refractivity (Wildman–Crippen MR) is 110 cm³/mol. The lowest BCUT2D eigenvalue weighted by molar-refractivity contribution is 0.602. The van der Waals surface area contributed by atoms with Gasteiger partial charge >= 0.3 is 0 Å². The van der Waals surface area contributed by atoms with Gasteiger partial charge in [-0.15, -0.1) is 0 Å². The van der Waals surface area contributed by atoms with E-state index in [2.05, 4.69) is 22.6 Å². The Morgan fingerprint density at radius 3 is 2.18 bits per heavy atom. The smallest absolute Gasteiger partial charge is 0.175 e. The van der Waals surface area contributed by atoms with Crippen LogP contribution in [0.5, 0.6) is 0 Å². The Hall–Kier alpha value is -3.18. The van der Waals surface area contributed by atoms with E-state index < -0.39 is 9.84 Å². The highest BCUT2D eigenvalue weighted by atomic mass is 32.2. The third-order valence-corrected chi connectivity index (χ3v) is 6.28. The van der Waals surface area contributed by atoms with Crippen molar-refractivity contribution in [3.05, 3.63) is 84.8 Å². The summed E-state index contributed by atoms with van der Waals surface area (Å²) >= 11 is 0. The Morgan fingerprint density at radius 1 is 0.821 bits per heavy atom. The van der Waals surface area contributed by atoms with E-state index in [0.717, 1.165) is 38.7 Å². The molecule has 0 atom stereocenters. The summed E-state index contributed by atoms with van der Waals surface area (Å²) in [4.78, 5) is 0.288. The quantitative estimate of drug-likeness (QED) is 0.414. The van der Waals surface area contributed by atoms with Gasteiger partial charge in [0, 0.05) is 28.8 Å². The van der Waals surface area contributed by atoms with Crippen LogP contribution in [0.1, 0.15) is 0 Å². The van der Waals surface area contributed by atoms with Gasteiger partial charge in [0.1, 0.15) is 5.82 Å². The van der Waals surface area contributed by atoms with E-state index in [1.54, 1.807) is 24.3 Å². The minimum atomic E-state index is -3.26. The standard InChI is InChI=1S/C23H16FNO2S/c1-28(26,27)19-11-7-15(8-12-19)21-20-4-2-3-16-13-14-25(22(16)20)23(21)17-5-9-18(24)10-6-17/h2-14H,1H3. The number of rotatable bonds is 3. The molecule has 138 valence electrons. The van der Waals surface area contributed by atoms with E-state index in [1.165, 1.54) is 18.4 Å². The van der Waals surface area contributed by atoms with Crippen molar-refractivity contribution in [1.82, 2.24) is 4.40 Å². The molecule has 0 bridgehead atoms. The summed E-state index contributed by atoms with van der Waals surface area (Å²) in [6.45, 7) is 0. The van der Waals surface area contributed by atoms with Crippen molar-refractivity contribution in [1.29, 1.82) is 0 Å². The lowest BCUT2D eigenvalue weighted by atomic mass is 9.98. The summed E-state index contributed by atoms with van der Waals surface area (Å²) in [5.74, 6) is -0.281. The fourth-order valence-electron chi connectivity index (χ4n) is 3.88. The fraction of sp³-hybridized carbons (Fsp3) is 0.0435. The highest BCUT2D eigenvalue weighted by molar-refractivity contribution is 7.90. The van der Waals surface area contributed by atoms with Crippen LogP contribution >= 0.6 is 0 Å². The molecule has 2 aromatic heterocycles. The molecule has 0 spiro atoms. The van der Waals surface area contributed by atoms with Crippen molar-refractivity contribution in [3.63, 3.8) is 0 Å². The van der Waals surface area contributed by atoms with Crippen LogP contribution in [0, 0.1) is 5.82 Å². The second kappa shape index (κ2) is 5.91. The molecule has 5 rings (SSSR count). The number of aromatic nitrogens is 1. The number of sulfone groups is 1. The van der Waals surface area contributed by atoms with Crippen LogP contribution in [0.4, 0.5) is 4.39 Å². The maximum absolute atomic E-state index is 13.5. The molecule has 0 saturated heterocycles. The number of hydrogen-bond donors (Lipinski definition) is 0. The van der Waals surface area contributed by atoms with Crippen LogP contribution in [0.15, 0.2) is 83.9 Å². The van der Waals surface area contributed by atoms with Crippen LogP contribution in [0.25, 0.3) is 38.7 Å². The van der Waals surface area contributed by atoms with Crippen molar-refractivity contribution in [2.45, 2.75) is 4.90 Å². The number of benzene rings is 3. The monoisotopic (exact) mass is 389 g/mol. The first kappa shape index (κ1) is 17.0. The van der Waals surface area contributed by atoms with Gasteiger partial charge < -0.3 is 4.40 Å². The largest absolute Gasteiger partial charge is 0.315 e. The highest BCUT2D eigenvalue weighted by Crippen LogP contribution is 2.42. The first-order valence-corrected chi connectivity index (χ1v) is 10.7. The molecule has 5 heteroatoms. The van der Waals surface area contributed by atoms with Gasteiger partial charge in [0.05, 0.1) is 16.1 Å². The van der Waals surface area contributed by atoms with Gasteiger partial charge in [-0.1, -0.05) is 30.3 Å². The minimum absolute atomic E-state index is 0.281. The summed E-state index contributed by atoms with van der Waals surface area (Å²) < 4.78 is 39.3. The van der Waals surface area contributed by atoms with E-state index >= 15 is 0 Å². The second-order valence-corrected chi connectivity index (χ2v) is 8.97. The highest BCUT2D eigenvalue weighted by Gasteiger charge is 2.20. The summed E-state index contributed by atoms with van der Waals surface area (Å²) in [5, 5.41) is 2.20. The Balaban J connectivity index is 1.85. The van der Waals surface area contributed by atoms with Crippen molar-refractivity contribution < 1.29 is 12.8 Å². The normalized spacial score (nSPS) is 12.2. The Morgan fingerprint density at radius 2 is 1.50 bits per heavy atom. The molecule has 0 aliphatic rings. The Kier molecular flexibility index (Phi) is 3.58. The first-order valence-electron chi connectivity index (χ1n) is 8.85. The zero-order valence-electron chi connectivity index (χ0n) is 15.1. The van der Waals surface area contributed by atoms with Crippen LogP contribution in [-0.2, 0) is 9.84 Å². The van der Waals surface area contributed by atoms with E-state index in [1.807, 2.05) is 24.4 Å². The van der Waals surface area contributed by atoms with Gasteiger partial charge in [-0.05, 0) is 53.6 Å². The second-order valence-electron chi connectivity index (χ2n) is 6.96. The average molecular weight is 389 g/mol. The van der Waals surface area contributed by atoms with Gasteiger partial charge in [0.2, 0.25) is 0 Å². The number of nitrogens with zero attached hydrogens (tertiary/aromatic N) is 1. The van der Waals surface area contributed by atoms with Crippen molar-refractivity contribution >= 4 is 26.1 Å². The molecule has 5 aromatic rings. The van der Waals surface area contributed by atoms with Crippen LogP contribution < -0.4 is 0 Å². The molecule has 3 nitrogen and oxygen atoms in total. The molecule has 2 heterocycles. The predicted octanol–water partition coefficient (Wildman–Crippen LogP) is 5.41. The van der Waals surface area contributed by atoms with Crippen molar-refractivity contribution in [2.24, 2.45) is 0 Å². The number of para-hydroxylation sites is 1. The minimum Gasteiger partial charge on any atom is -0.315 e. The molecule has 0 saturated carbocycles. The Labute approximate surface area is 161 Å².